The van der Waals surface area contributed by atoms with Crippen molar-refractivity contribution in [3.05, 3.63) is 70.9 Å². The Balaban J connectivity index is 1.38. The Morgan fingerprint density at radius 2 is 1.76 bits per heavy atom. The van der Waals surface area contributed by atoms with Crippen LogP contribution in [0.25, 0.3) is 11.0 Å². The molecular formula is C19H16F3N5O2. The Morgan fingerprint density at radius 3 is 2.59 bits per heavy atom. The molecule has 0 amide bonds. The van der Waals surface area contributed by atoms with Gasteiger partial charge in [-0.25, -0.2) is 4.63 Å². The molecule has 7 nitrogen and oxygen atoms in total. The minimum absolute atomic E-state index is 0.160. The summed E-state index contributed by atoms with van der Waals surface area (Å²) in [6.45, 7) is 0.999. The summed E-state index contributed by atoms with van der Waals surface area (Å²) in [5, 5.41) is 11.5. The lowest BCUT2D eigenvalue weighted by molar-refractivity contribution is -0.137. The van der Waals surface area contributed by atoms with E-state index in [1.54, 1.807) is 6.07 Å². The maximum absolute atomic E-state index is 12.8. The maximum Gasteiger partial charge on any atom is 0.416 e. The van der Waals surface area contributed by atoms with Gasteiger partial charge in [0.2, 0.25) is 5.89 Å². The highest BCUT2D eigenvalue weighted by Crippen LogP contribution is 2.29. The van der Waals surface area contributed by atoms with Crippen LogP contribution in [0.3, 0.4) is 0 Å². The Hall–Kier alpha value is -3.27. The van der Waals surface area contributed by atoms with Gasteiger partial charge < -0.3 is 4.52 Å². The molecule has 0 aliphatic rings. The predicted molar refractivity (Wildman–Crippen MR) is 95.5 cm³/mol. The fraction of sp³-hybridized carbons (Fsp3) is 0.263. The Morgan fingerprint density at radius 1 is 0.931 bits per heavy atom. The molecule has 0 aliphatic heterocycles. The molecule has 0 N–H and O–H groups in total. The van der Waals surface area contributed by atoms with Gasteiger partial charge in [0.25, 0.3) is 0 Å². The van der Waals surface area contributed by atoms with E-state index in [0.717, 1.165) is 17.7 Å². The molecule has 4 aromatic rings. The molecule has 0 spiro atoms. The summed E-state index contributed by atoms with van der Waals surface area (Å²) in [5.41, 5.74) is 2.15. The van der Waals surface area contributed by atoms with Gasteiger partial charge in [-0.15, -0.1) is 0 Å². The topological polar surface area (TPSA) is 81.1 Å². The lowest BCUT2D eigenvalue weighted by Gasteiger charge is -2.13. The molecule has 0 fully saturated rings. The van der Waals surface area contributed by atoms with E-state index in [9.17, 15) is 13.2 Å². The van der Waals surface area contributed by atoms with Gasteiger partial charge in [0.05, 0.1) is 12.1 Å². The molecule has 0 bridgehead atoms. The van der Waals surface area contributed by atoms with Gasteiger partial charge in [0, 0.05) is 13.0 Å². The Labute approximate surface area is 163 Å². The zero-order chi connectivity index (χ0) is 20.4. The van der Waals surface area contributed by atoms with E-state index in [-0.39, 0.29) is 6.42 Å². The average Bonchev–Trinajstić information content (AvgIpc) is 3.30. The predicted octanol–water partition coefficient (Wildman–Crippen LogP) is 3.85. The van der Waals surface area contributed by atoms with E-state index >= 15 is 0 Å². The quantitative estimate of drug-likeness (QED) is 0.484. The molecular weight excluding hydrogens is 387 g/mol. The lowest BCUT2D eigenvalue weighted by atomic mass is 10.1. The molecule has 0 atom stereocenters. The number of hydrogen-bond acceptors (Lipinski definition) is 7. The number of nitrogens with zero attached hydrogens (tertiary/aromatic N) is 5. The first-order valence-electron chi connectivity index (χ1n) is 8.74. The number of halogens is 3. The lowest BCUT2D eigenvalue weighted by Crippen LogP contribution is -2.17. The second-order valence-electron chi connectivity index (χ2n) is 6.74. The minimum atomic E-state index is -4.38. The molecule has 29 heavy (non-hydrogen) atoms. The van der Waals surface area contributed by atoms with Gasteiger partial charge in [0.1, 0.15) is 11.0 Å². The van der Waals surface area contributed by atoms with E-state index in [2.05, 4.69) is 25.1 Å². The number of alkyl halides is 3. The smallest absolute Gasteiger partial charge is 0.338 e. The molecule has 2 heterocycles. The monoisotopic (exact) mass is 403 g/mol. The van der Waals surface area contributed by atoms with E-state index < -0.39 is 11.7 Å². The Bertz CT molecular complexity index is 1120. The minimum Gasteiger partial charge on any atom is -0.338 e. The zero-order valence-corrected chi connectivity index (χ0v) is 15.3. The molecule has 0 unspecified atom stereocenters. The summed E-state index contributed by atoms with van der Waals surface area (Å²) in [7, 11) is 1.89. The van der Waals surface area contributed by atoms with Gasteiger partial charge in [-0.05, 0) is 46.7 Å². The number of aromatic nitrogens is 4. The molecule has 10 heteroatoms. The number of hydrogen-bond donors (Lipinski definition) is 0. The van der Waals surface area contributed by atoms with Crippen molar-refractivity contribution in [3.63, 3.8) is 0 Å². The van der Waals surface area contributed by atoms with E-state index in [1.807, 2.05) is 30.1 Å². The van der Waals surface area contributed by atoms with Crippen molar-refractivity contribution >= 4 is 11.0 Å². The summed E-state index contributed by atoms with van der Waals surface area (Å²) >= 11 is 0. The Kier molecular flexibility index (Phi) is 5.01. The van der Waals surface area contributed by atoms with Crippen LogP contribution in [0, 0.1) is 0 Å². The molecule has 2 aromatic carbocycles. The molecule has 0 saturated carbocycles. The third kappa shape index (κ3) is 4.60. The highest BCUT2D eigenvalue weighted by molar-refractivity contribution is 5.73. The van der Waals surface area contributed by atoms with Gasteiger partial charge in [-0.2, -0.15) is 18.2 Å². The highest BCUT2D eigenvalue weighted by atomic mass is 19.4. The van der Waals surface area contributed by atoms with Crippen LogP contribution in [0.15, 0.2) is 51.6 Å². The van der Waals surface area contributed by atoms with Crippen molar-refractivity contribution in [2.45, 2.75) is 25.7 Å². The molecule has 2 aromatic heterocycles. The molecule has 0 aliphatic carbocycles. The summed E-state index contributed by atoms with van der Waals surface area (Å²) < 4.78 is 48.4. The van der Waals surface area contributed by atoms with Crippen LogP contribution >= 0.6 is 0 Å². The van der Waals surface area contributed by atoms with Crippen molar-refractivity contribution in [2.24, 2.45) is 0 Å². The van der Waals surface area contributed by atoms with E-state index in [1.165, 1.54) is 6.07 Å². The molecule has 150 valence electrons. The number of fused-ring (bicyclic) bond motifs is 1. The van der Waals surface area contributed by atoms with Crippen LogP contribution in [-0.2, 0) is 25.7 Å². The largest absolute Gasteiger partial charge is 0.416 e. The van der Waals surface area contributed by atoms with Crippen LogP contribution < -0.4 is 0 Å². The van der Waals surface area contributed by atoms with Crippen molar-refractivity contribution < 1.29 is 22.3 Å². The first kappa shape index (κ1) is 19.1. The summed E-state index contributed by atoms with van der Waals surface area (Å²) in [4.78, 5) is 6.25. The first-order valence-corrected chi connectivity index (χ1v) is 8.74. The highest BCUT2D eigenvalue weighted by Gasteiger charge is 2.30. The summed E-state index contributed by atoms with van der Waals surface area (Å²) in [6.07, 6.45) is -4.22. The first-order chi connectivity index (χ1) is 13.9. The second kappa shape index (κ2) is 7.63. The van der Waals surface area contributed by atoms with Gasteiger partial charge >= 0.3 is 6.18 Å². The van der Waals surface area contributed by atoms with E-state index in [4.69, 9.17) is 4.52 Å². The van der Waals surface area contributed by atoms with Gasteiger partial charge in [-0.3, -0.25) is 4.90 Å². The number of benzene rings is 2. The fourth-order valence-electron chi connectivity index (χ4n) is 2.99. The number of rotatable bonds is 6. The fourth-order valence-corrected chi connectivity index (χ4v) is 2.99. The van der Waals surface area contributed by atoms with Crippen LogP contribution in [0.5, 0.6) is 0 Å². The second-order valence-corrected chi connectivity index (χ2v) is 6.74. The molecule has 4 rings (SSSR count). The molecule has 0 radical (unpaired) electrons. The normalized spacial score (nSPS) is 12.2. The molecule has 0 saturated heterocycles. The van der Waals surface area contributed by atoms with Gasteiger partial charge in [-0.1, -0.05) is 29.4 Å². The van der Waals surface area contributed by atoms with Crippen LogP contribution in [0.1, 0.15) is 28.4 Å². The van der Waals surface area contributed by atoms with Crippen molar-refractivity contribution in [3.8, 4) is 0 Å². The third-order valence-corrected chi connectivity index (χ3v) is 4.30. The van der Waals surface area contributed by atoms with Crippen molar-refractivity contribution in [1.82, 2.24) is 25.4 Å². The van der Waals surface area contributed by atoms with Gasteiger partial charge in [0.15, 0.2) is 5.82 Å². The summed E-state index contributed by atoms with van der Waals surface area (Å²) in [6, 6.07) is 10.7. The zero-order valence-electron chi connectivity index (χ0n) is 15.3. The third-order valence-electron chi connectivity index (χ3n) is 4.30. The van der Waals surface area contributed by atoms with Crippen LogP contribution in [0.2, 0.25) is 0 Å². The van der Waals surface area contributed by atoms with Crippen LogP contribution in [-0.4, -0.2) is 32.4 Å². The van der Waals surface area contributed by atoms with Crippen molar-refractivity contribution in [2.75, 3.05) is 7.05 Å². The van der Waals surface area contributed by atoms with Crippen molar-refractivity contribution in [1.29, 1.82) is 0 Å². The van der Waals surface area contributed by atoms with Crippen LogP contribution in [0.4, 0.5) is 13.2 Å². The summed E-state index contributed by atoms with van der Waals surface area (Å²) in [5.74, 6) is 0.724. The standard InChI is InChI=1S/C19H16F3N5O2/c1-27(10-13-5-6-15-16(8-13)25-29-24-15)11-18-23-17(26-28-18)9-12-3-2-4-14(7-12)19(20,21)22/h2-8H,9-11H2,1H3. The van der Waals surface area contributed by atoms with E-state index in [0.29, 0.717) is 41.4 Å². The maximum atomic E-state index is 12.8. The average molecular weight is 403 g/mol. The SMILES string of the molecule is CN(Cc1ccc2nonc2c1)Cc1nc(Cc2cccc(C(F)(F)F)c2)no1.